The molecule has 15 heavy (non-hydrogen) atoms. The van der Waals surface area contributed by atoms with Crippen LogP contribution in [0.15, 0.2) is 18.2 Å². The van der Waals surface area contributed by atoms with Gasteiger partial charge in [0.15, 0.2) is 0 Å². The van der Waals surface area contributed by atoms with E-state index < -0.39 is 4.92 Å². The maximum absolute atomic E-state index is 10.5. The summed E-state index contributed by atoms with van der Waals surface area (Å²) in [6.07, 6.45) is 0.640. The topological polar surface area (TPSA) is 78.4 Å². The zero-order valence-electron chi connectivity index (χ0n) is 8.77. The Balaban J connectivity index is 3.03. The second-order valence-electron chi connectivity index (χ2n) is 3.43. The summed E-state index contributed by atoms with van der Waals surface area (Å²) in [5.74, 6) is 0.515. The Morgan fingerprint density at radius 2 is 2.27 bits per heavy atom. The zero-order valence-corrected chi connectivity index (χ0v) is 8.77. The van der Waals surface area contributed by atoms with E-state index in [1.54, 1.807) is 6.07 Å². The molecule has 1 unspecified atom stereocenters. The molecule has 82 valence electrons. The number of methoxy groups -OCH3 is 1. The smallest absolute Gasteiger partial charge is 0.273 e. The van der Waals surface area contributed by atoms with Crippen molar-refractivity contribution in [1.29, 1.82) is 0 Å². The molecule has 0 heterocycles. The highest BCUT2D eigenvalue weighted by Gasteiger charge is 2.11. The van der Waals surface area contributed by atoms with E-state index in [9.17, 15) is 10.1 Å². The van der Waals surface area contributed by atoms with Crippen LogP contribution in [0.1, 0.15) is 12.5 Å². The third-order valence-corrected chi connectivity index (χ3v) is 2.02. The average molecular weight is 210 g/mol. The van der Waals surface area contributed by atoms with Gasteiger partial charge in [-0.05, 0) is 25.0 Å². The number of nitro groups is 1. The summed E-state index contributed by atoms with van der Waals surface area (Å²) in [6, 6.07) is 4.55. The lowest BCUT2D eigenvalue weighted by Gasteiger charge is -2.09. The van der Waals surface area contributed by atoms with Crippen molar-refractivity contribution < 1.29 is 9.66 Å². The van der Waals surface area contributed by atoms with Crippen LogP contribution in [0.3, 0.4) is 0 Å². The SMILES string of the molecule is COc1cc([N+](=O)[O-])ccc1CC(C)N. The first-order valence-corrected chi connectivity index (χ1v) is 4.61. The Morgan fingerprint density at radius 1 is 1.60 bits per heavy atom. The van der Waals surface area contributed by atoms with E-state index in [1.165, 1.54) is 19.2 Å². The highest BCUT2D eigenvalue weighted by molar-refractivity contribution is 5.44. The maximum atomic E-state index is 10.5. The highest BCUT2D eigenvalue weighted by atomic mass is 16.6. The monoisotopic (exact) mass is 210 g/mol. The fraction of sp³-hybridized carbons (Fsp3) is 0.400. The van der Waals surface area contributed by atoms with E-state index in [1.807, 2.05) is 6.92 Å². The molecule has 5 heteroatoms. The molecule has 1 atom stereocenters. The van der Waals surface area contributed by atoms with Crippen molar-refractivity contribution in [2.75, 3.05) is 7.11 Å². The molecule has 1 aromatic carbocycles. The van der Waals surface area contributed by atoms with Crippen LogP contribution in [0.5, 0.6) is 5.75 Å². The molecule has 1 rings (SSSR count). The summed E-state index contributed by atoms with van der Waals surface area (Å²) >= 11 is 0. The summed E-state index contributed by atoms with van der Waals surface area (Å²) in [6.45, 7) is 1.88. The summed E-state index contributed by atoms with van der Waals surface area (Å²) in [5.41, 5.74) is 6.57. The van der Waals surface area contributed by atoms with Gasteiger partial charge in [0.25, 0.3) is 5.69 Å². The lowest BCUT2D eigenvalue weighted by molar-refractivity contribution is -0.384. The van der Waals surface area contributed by atoms with Gasteiger partial charge in [-0.3, -0.25) is 10.1 Å². The highest BCUT2D eigenvalue weighted by Crippen LogP contribution is 2.25. The number of ether oxygens (including phenoxy) is 1. The molecule has 0 aliphatic rings. The molecule has 0 amide bonds. The largest absolute Gasteiger partial charge is 0.496 e. The second kappa shape index (κ2) is 4.75. The second-order valence-corrected chi connectivity index (χ2v) is 3.43. The van der Waals surface area contributed by atoms with Gasteiger partial charge in [0.2, 0.25) is 0 Å². The molecule has 0 bridgehead atoms. The van der Waals surface area contributed by atoms with Crippen LogP contribution in [0.2, 0.25) is 0 Å². The van der Waals surface area contributed by atoms with Crippen LogP contribution in [0, 0.1) is 10.1 Å². The Labute approximate surface area is 88.0 Å². The van der Waals surface area contributed by atoms with E-state index in [4.69, 9.17) is 10.5 Å². The van der Waals surface area contributed by atoms with Crippen molar-refractivity contribution in [2.45, 2.75) is 19.4 Å². The fourth-order valence-electron chi connectivity index (χ4n) is 1.36. The van der Waals surface area contributed by atoms with Gasteiger partial charge in [-0.25, -0.2) is 0 Å². The summed E-state index contributed by atoms with van der Waals surface area (Å²) < 4.78 is 5.08. The minimum atomic E-state index is -0.446. The van der Waals surface area contributed by atoms with Crippen molar-refractivity contribution in [2.24, 2.45) is 5.73 Å². The lowest BCUT2D eigenvalue weighted by Crippen LogP contribution is -2.18. The third-order valence-electron chi connectivity index (χ3n) is 2.02. The molecule has 0 spiro atoms. The van der Waals surface area contributed by atoms with Crippen molar-refractivity contribution in [1.82, 2.24) is 0 Å². The van der Waals surface area contributed by atoms with Gasteiger partial charge in [0.1, 0.15) is 5.75 Å². The fourth-order valence-corrected chi connectivity index (χ4v) is 1.36. The number of nitro benzene ring substituents is 1. The molecule has 1 aromatic rings. The Bertz CT molecular complexity index is 364. The number of nitrogens with zero attached hydrogens (tertiary/aromatic N) is 1. The zero-order chi connectivity index (χ0) is 11.4. The number of benzene rings is 1. The maximum Gasteiger partial charge on any atom is 0.273 e. The van der Waals surface area contributed by atoms with Crippen LogP contribution in [0.4, 0.5) is 5.69 Å². The number of rotatable bonds is 4. The molecule has 0 aliphatic carbocycles. The molecule has 0 aromatic heterocycles. The molecule has 0 aliphatic heterocycles. The summed E-state index contributed by atoms with van der Waals surface area (Å²) in [7, 11) is 1.49. The minimum Gasteiger partial charge on any atom is -0.496 e. The quantitative estimate of drug-likeness (QED) is 0.603. The predicted octanol–water partition coefficient (Wildman–Crippen LogP) is 1.49. The average Bonchev–Trinajstić information content (AvgIpc) is 2.17. The minimum absolute atomic E-state index is 0.000330. The standard InChI is InChI=1S/C10H14N2O3/c1-7(11)5-8-3-4-9(12(13)14)6-10(8)15-2/h3-4,6-7H,5,11H2,1-2H3. The van der Waals surface area contributed by atoms with E-state index in [0.29, 0.717) is 12.2 Å². The summed E-state index contributed by atoms with van der Waals surface area (Å²) in [4.78, 5) is 10.1. The first-order chi connectivity index (χ1) is 7.04. The Hall–Kier alpha value is -1.62. The van der Waals surface area contributed by atoms with Gasteiger partial charge in [0, 0.05) is 12.1 Å². The summed E-state index contributed by atoms with van der Waals surface area (Å²) in [5, 5.41) is 10.5. The van der Waals surface area contributed by atoms with Gasteiger partial charge in [-0.1, -0.05) is 0 Å². The van der Waals surface area contributed by atoms with Gasteiger partial charge >= 0.3 is 0 Å². The molecule has 2 N–H and O–H groups in total. The van der Waals surface area contributed by atoms with E-state index in [-0.39, 0.29) is 11.7 Å². The molecular formula is C10H14N2O3. The number of nitrogens with two attached hydrogens (primary N) is 1. The van der Waals surface area contributed by atoms with E-state index in [2.05, 4.69) is 0 Å². The molecular weight excluding hydrogens is 196 g/mol. The van der Waals surface area contributed by atoms with Crippen LogP contribution < -0.4 is 10.5 Å². The van der Waals surface area contributed by atoms with Crippen LogP contribution >= 0.6 is 0 Å². The number of non-ortho nitro benzene ring substituents is 1. The van der Waals surface area contributed by atoms with Gasteiger partial charge < -0.3 is 10.5 Å². The molecule has 0 radical (unpaired) electrons. The van der Waals surface area contributed by atoms with E-state index >= 15 is 0 Å². The normalized spacial score (nSPS) is 12.2. The van der Waals surface area contributed by atoms with Crippen LogP contribution in [-0.2, 0) is 6.42 Å². The van der Waals surface area contributed by atoms with Gasteiger partial charge in [-0.2, -0.15) is 0 Å². The molecule has 0 fully saturated rings. The lowest BCUT2D eigenvalue weighted by atomic mass is 10.1. The van der Waals surface area contributed by atoms with Crippen molar-refractivity contribution in [3.63, 3.8) is 0 Å². The number of hydrogen-bond acceptors (Lipinski definition) is 4. The van der Waals surface area contributed by atoms with Crippen LogP contribution in [-0.4, -0.2) is 18.1 Å². The Kier molecular flexibility index (Phi) is 3.62. The van der Waals surface area contributed by atoms with Gasteiger partial charge in [-0.15, -0.1) is 0 Å². The number of hydrogen-bond donors (Lipinski definition) is 1. The first kappa shape index (κ1) is 11.5. The van der Waals surface area contributed by atoms with Crippen molar-refractivity contribution in [3.8, 4) is 5.75 Å². The molecule has 0 saturated heterocycles. The van der Waals surface area contributed by atoms with E-state index in [0.717, 1.165) is 5.56 Å². The van der Waals surface area contributed by atoms with Crippen molar-refractivity contribution in [3.05, 3.63) is 33.9 Å². The third kappa shape index (κ3) is 2.92. The Morgan fingerprint density at radius 3 is 2.73 bits per heavy atom. The first-order valence-electron chi connectivity index (χ1n) is 4.61. The molecule has 5 nitrogen and oxygen atoms in total. The molecule has 0 saturated carbocycles. The van der Waals surface area contributed by atoms with Crippen molar-refractivity contribution >= 4 is 5.69 Å². The van der Waals surface area contributed by atoms with Gasteiger partial charge in [0.05, 0.1) is 18.1 Å². The predicted molar refractivity (Wildman–Crippen MR) is 57.0 cm³/mol. The van der Waals surface area contributed by atoms with Crippen LogP contribution in [0.25, 0.3) is 0 Å².